The molecule has 0 aliphatic carbocycles. The molecule has 0 unspecified atom stereocenters. The Hall–Kier alpha value is -2.40. The van der Waals surface area contributed by atoms with Crippen molar-refractivity contribution in [3.63, 3.8) is 0 Å². The van der Waals surface area contributed by atoms with Gasteiger partial charge >= 0.3 is 0 Å². The van der Waals surface area contributed by atoms with Crippen LogP contribution in [0, 0.1) is 0 Å². The summed E-state index contributed by atoms with van der Waals surface area (Å²) >= 11 is 5.91. The third-order valence-corrected chi connectivity index (χ3v) is 4.72. The molecule has 10 heteroatoms. The number of carbonyl (C=O) groups excluding carboxylic acids is 2. The number of guanidine groups is 1. The standard InChI is InChI=1S/C20H23ClN6O2.HI/c1-22-20(24-12-18(28)25-17-3-2-8-23-11-17)27-10-9-26(19(29)14-27)13-15-4-6-16(21)7-5-15;/h2-8,11H,9-10,12-14H2,1H3,(H,22,24)(H,25,28);1H. The molecule has 30 heavy (non-hydrogen) atoms. The van der Waals surface area contributed by atoms with Crippen molar-refractivity contribution < 1.29 is 9.59 Å². The number of amides is 2. The number of anilines is 1. The highest BCUT2D eigenvalue weighted by Gasteiger charge is 2.26. The lowest BCUT2D eigenvalue weighted by atomic mass is 10.2. The Bertz CT molecular complexity index is 879. The highest BCUT2D eigenvalue weighted by Crippen LogP contribution is 2.13. The number of hydrogen-bond donors (Lipinski definition) is 2. The van der Waals surface area contributed by atoms with Crippen molar-refractivity contribution in [1.82, 2.24) is 20.1 Å². The van der Waals surface area contributed by atoms with Crippen LogP contribution in [0.4, 0.5) is 5.69 Å². The van der Waals surface area contributed by atoms with E-state index in [1.54, 1.807) is 31.6 Å². The van der Waals surface area contributed by atoms with Crippen LogP contribution >= 0.6 is 35.6 Å². The van der Waals surface area contributed by atoms with Crippen molar-refractivity contribution in [2.24, 2.45) is 4.99 Å². The van der Waals surface area contributed by atoms with Crippen molar-refractivity contribution in [1.29, 1.82) is 0 Å². The van der Waals surface area contributed by atoms with Gasteiger partial charge in [0.25, 0.3) is 0 Å². The van der Waals surface area contributed by atoms with Crippen LogP contribution in [-0.2, 0) is 16.1 Å². The number of nitrogens with zero attached hydrogens (tertiary/aromatic N) is 4. The second-order valence-corrected chi connectivity index (χ2v) is 6.99. The minimum absolute atomic E-state index is 0. The van der Waals surface area contributed by atoms with Gasteiger partial charge in [0, 0.05) is 37.9 Å². The first-order chi connectivity index (χ1) is 14.0. The third kappa shape index (κ3) is 6.84. The molecule has 2 amide bonds. The van der Waals surface area contributed by atoms with E-state index in [2.05, 4.69) is 20.6 Å². The molecule has 1 aliphatic heterocycles. The van der Waals surface area contributed by atoms with Crippen LogP contribution < -0.4 is 10.6 Å². The van der Waals surface area contributed by atoms with Crippen LogP contribution in [0.5, 0.6) is 0 Å². The summed E-state index contributed by atoms with van der Waals surface area (Å²) in [5.41, 5.74) is 1.66. The summed E-state index contributed by atoms with van der Waals surface area (Å²) in [6, 6.07) is 11.0. The van der Waals surface area contributed by atoms with E-state index in [1.807, 2.05) is 34.1 Å². The van der Waals surface area contributed by atoms with Gasteiger partial charge in [-0.1, -0.05) is 23.7 Å². The van der Waals surface area contributed by atoms with Gasteiger partial charge in [-0.05, 0) is 29.8 Å². The molecule has 8 nitrogen and oxygen atoms in total. The Labute approximate surface area is 197 Å². The normalized spacial score (nSPS) is 14.2. The van der Waals surface area contributed by atoms with Gasteiger partial charge in [-0.3, -0.25) is 19.6 Å². The maximum atomic E-state index is 12.6. The van der Waals surface area contributed by atoms with E-state index in [0.717, 1.165) is 5.56 Å². The average Bonchev–Trinajstić information content (AvgIpc) is 2.72. The first-order valence-electron chi connectivity index (χ1n) is 9.23. The van der Waals surface area contributed by atoms with Gasteiger partial charge < -0.3 is 20.4 Å². The van der Waals surface area contributed by atoms with Crippen LogP contribution in [-0.4, -0.2) is 65.8 Å². The van der Waals surface area contributed by atoms with Crippen molar-refractivity contribution in [3.8, 4) is 0 Å². The zero-order valence-electron chi connectivity index (χ0n) is 16.5. The summed E-state index contributed by atoms with van der Waals surface area (Å²) in [4.78, 5) is 36.5. The summed E-state index contributed by atoms with van der Waals surface area (Å²) in [5, 5.41) is 6.43. The number of halogens is 2. The maximum absolute atomic E-state index is 12.6. The summed E-state index contributed by atoms with van der Waals surface area (Å²) in [5.74, 6) is 0.312. The second-order valence-electron chi connectivity index (χ2n) is 6.55. The molecule has 0 atom stereocenters. The molecular weight excluding hydrogens is 519 g/mol. The number of nitrogens with one attached hydrogen (secondary N) is 2. The first kappa shape index (κ1) is 23.9. The molecule has 1 fully saturated rings. The van der Waals surface area contributed by atoms with E-state index in [1.165, 1.54) is 0 Å². The second kappa shape index (κ2) is 11.7. The first-order valence-corrected chi connectivity index (χ1v) is 9.60. The summed E-state index contributed by atoms with van der Waals surface area (Å²) in [7, 11) is 1.63. The zero-order valence-corrected chi connectivity index (χ0v) is 19.6. The van der Waals surface area contributed by atoms with E-state index in [4.69, 9.17) is 11.6 Å². The van der Waals surface area contributed by atoms with Gasteiger partial charge in [-0.25, -0.2) is 0 Å². The molecular formula is C20H24ClIN6O2. The molecule has 3 rings (SSSR count). The lowest BCUT2D eigenvalue weighted by Gasteiger charge is -2.36. The lowest BCUT2D eigenvalue weighted by molar-refractivity contribution is -0.135. The number of aromatic nitrogens is 1. The lowest BCUT2D eigenvalue weighted by Crippen LogP contribution is -2.55. The number of pyridine rings is 1. The van der Waals surface area contributed by atoms with E-state index in [9.17, 15) is 9.59 Å². The topological polar surface area (TPSA) is 89.9 Å². The number of rotatable bonds is 5. The monoisotopic (exact) mass is 542 g/mol. The molecule has 0 spiro atoms. The third-order valence-electron chi connectivity index (χ3n) is 4.47. The molecule has 2 heterocycles. The zero-order chi connectivity index (χ0) is 20.6. The fraction of sp³-hybridized carbons (Fsp3) is 0.300. The van der Waals surface area contributed by atoms with Gasteiger partial charge in [-0.2, -0.15) is 0 Å². The summed E-state index contributed by atoms with van der Waals surface area (Å²) < 4.78 is 0. The van der Waals surface area contributed by atoms with Crippen molar-refractivity contribution in [2.75, 3.05) is 38.5 Å². The SMILES string of the molecule is CN=C(NCC(=O)Nc1cccnc1)N1CCN(Cc2ccc(Cl)cc2)C(=O)C1.I. The van der Waals surface area contributed by atoms with Crippen LogP contribution in [0.2, 0.25) is 5.02 Å². The van der Waals surface area contributed by atoms with Gasteiger partial charge in [0.05, 0.1) is 25.0 Å². The Morgan fingerprint density at radius 3 is 2.63 bits per heavy atom. The fourth-order valence-electron chi connectivity index (χ4n) is 3.00. The highest BCUT2D eigenvalue weighted by molar-refractivity contribution is 14.0. The van der Waals surface area contributed by atoms with E-state index in [0.29, 0.717) is 36.3 Å². The van der Waals surface area contributed by atoms with Crippen molar-refractivity contribution in [3.05, 3.63) is 59.4 Å². The predicted octanol–water partition coefficient (Wildman–Crippen LogP) is 2.21. The average molecular weight is 543 g/mol. The number of piperazine rings is 1. The molecule has 1 aromatic heterocycles. The molecule has 0 radical (unpaired) electrons. The Kier molecular flexibility index (Phi) is 9.31. The number of carbonyl (C=O) groups is 2. The van der Waals surface area contributed by atoms with Gasteiger partial charge in [0.1, 0.15) is 0 Å². The number of hydrogen-bond acceptors (Lipinski definition) is 4. The molecule has 1 aliphatic rings. The van der Waals surface area contributed by atoms with Crippen LogP contribution in [0.3, 0.4) is 0 Å². The molecule has 0 bridgehead atoms. The molecule has 2 N–H and O–H groups in total. The quantitative estimate of drug-likeness (QED) is 0.344. The minimum atomic E-state index is -0.216. The fourth-order valence-corrected chi connectivity index (χ4v) is 3.13. The maximum Gasteiger partial charge on any atom is 0.243 e. The van der Waals surface area contributed by atoms with Crippen molar-refractivity contribution >= 4 is 59.0 Å². The molecule has 1 aromatic carbocycles. The highest BCUT2D eigenvalue weighted by atomic mass is 127. The number of aliphatic imine (C=N–C) groups is 1. The van der Waals surface area contributed by atoms with Crippen LogP contribution in [0.25, 0.3) is 0 Å². The smallest absolute Gasteiger partial charge is 0.243 e. The molecule has 2 aromatic rings. The van der Waals surface area contributed by atoms with E-state index in [-0.39, 0.29) is 48.9 Å². The molecule has 1 saturated heterocycles. The number of benzene rings is 1. The van der Waals surface area contributed by atoms with Gasteiger partial charge in [0.15, 0.2) is 5.96 Å². The Morgan fingerprint density at radius 1 is 1.23 bits per heavy atom. The van der Waals surface area contributed by atoms with E-state index >= 15 is 0 Å². The van der Waals surface area contributed by atoms with Gasteiger partial charge in [0.2, 0.25) is 11.8 Å². The van der Waals surface area contributed by atoms with Gasteiger partial charge in [-0.15, -0.1) is 24.0 Å². The van der Waals surface area contributed by atoms with Crippen molar-refractivity contribution in [2.45, 2.75) is 6.54 Å². The summed E-state index contributed by atoms with van der Waals surface area (Å²) in [6.45, 7) is 1.99. The molecule has 0 saturated carbocycles. The van der Waals surface area contributed by atoms with E-state index < -0.39 is 0 Å². The Balaban J connectivity index is 0.00000320. The Morgan fingerprint density at radius 2 is 2.00 bits per heavy atom. The van der Waals surface area contributed by atoms with Crippen LogP contribution in [0.15, 0.2) is 53.8 Å². The predicted molar refractivity (Wildman–Crippen MR) is 128 cm³/mol. The minimum Gasteiger partial charge on any atom is -0.347 e. The van der Waals surface area contributed by atoms with Crippen LogP contribution in [0.1, 0.15) is 5.56 Å². The summed E-state index contributed by atoms with van der Waals surface area (Å²) in [6.07, 6.45) is 3.21. The molecule has 160 valence electrons. The largest absolute Gasteiger partial charge is 0.347 e.